The Labute approximate surface area is 78.6 Å². The molecule has 2 rings (SSSR count). The lowest BCUT2D eigenvalue weighted by Gasteiger charge is -2.00. The molecular formula is C8H8N2O2S. The van der Waals surface area contributed by atoms with Crippen LogP contribution in [-0.2, 0) is 0 Å². The fourth-order valence-corrected chi connectivity index (χ4v) is 1.94. The lowest BCUT2D eigenvalue weighted by atomic mass is 10.3. The molecule has 3 N–H and O–H groups in total. The fourth-order valence-electron chi connectivity index (χ4n) is 1.16. The number of nitrogens with two attached hydrogens (primary N) is 1. The summed E-state index contributed by atoms with van der Waals surface area (Å²) in [5, 5.41) is 9.78. The topological polar surface area (TPSA) is 68.4 Å². The van der Waals surface area contributed by atoms with Crippen molar-refractivity contribution >= 4 is 26.7 Å². The van der Waals surface area contributed by atoms with Crippen LogP contribution in [0.3, 0.4) is 0 Å². The normalized spacial score (nSPS) is 10.5. The highest BCUT2D eigenvalue weighted by Gasteiger charge is 2.08. The lowest BCUT2D eigenvalue weighted by Crippen LogP contribution is -1.85. The molecule has 68 valence electrons. The zero-order valence-corrected chi connectivity index (χ0v) is 7.76. The number of anilines is 1. The van der Waals surface area contributed by atoms with Gasteiger partial charge in [-0.2, -0.15) is 0 Å². The summed E-state index contributed by atoms with van der Waals surface area (Å²) >= 11 is 1.32. The van der Waals surface area contributed by atoms with Gasteiger partial charge in [-0.05, 0) is 6.07 Å². The zero-order valence-electron chi connectivity index (χ0n) is 6.94. The summed E-state index contributed by atoms with van der Waals surface area (Å²) in [6.45, 7) is 0. The summed E-state index contributed by atoms with van der Waals surface area (Å²) in [4.78, 5) is 4.09. The second-order valence-electron chi connectivity index (χ2n) is 2.55. The van der Waals surface area contributed by atoms with Crippen LogP contribution in [0, 0.1) is 0 Å². The van der Waals surface area contributed by atoms with E-state index < -0.39 is 0 Å². The van der Waals surface area contributed by atoms with Crippen molar-refractivity contribution < 1.29 is 9.84 Å². The second kappa shape index (κ2) is 2.77. The number of benzene rings is 1. The van der Waals surface area contributed by atoms with Crippen molar-refractivity contribution in [1.82, 2.24) is 4.98 Å². The van der Waals surface area contributed by atoms with Gasteiger partial charge in [-0.25, -0.2) is 4.98 Å². The molecule has 13 heavy (non-hydrogen) atoms. The first kappa shape index (κ1) is 8.12. The van der Waals surface area contributed by atoms with Crippen LogP contribution in [0.15, 0.2) is 12.1 Å². The van der Waals surface area contributed by atoms with Crippen LogP contribution in [0.1, 0.15) is 0 Å². The van der Waals surface area contributed by atoms with Crippen molar-refractivity contribution in [1.29, 1.82) is 0 Å². The molecule has 1 aromatic heterocycles. The number of phenolic OH excluding ortho intramolecular Hbond substituents is 1. The molecule has 0 atom stereocenters. The van der Waals surface area contributed by atoms with Gasteiger partial charge in [0.05, 0.1) is 11.8 Å². The van der Waals surface area contributed by atoms with Gasteiger partial charge in [0.15, 0.2) is 5.13 Å². The molecule has 1 heterocycles. The van der Waals surface area contributed by atoms with Crippen LogP contribution < -0.4 is 10.5 Å². The third-order valence-corrected chi connectivity index (χ3v) is 2.51. The number of rotatable bonds is 1. The first-order valence-corrected chi connectivity index (χ1v) is 4.45. The molecule has 0 aliphatic carbocycles. The molecular weight excluding hydrogens is 188 g/mol. The number of hydrogen-bond acceptors (Lipinski definition) is 5. The van der Waals surface area contributed by atoms with Crippen LogP contribution in [0.25, 0.3) is 10.2 Å². The van der Waals surface area contributed by atoms with E-state index in [9.17, 15) is 5.11 Å². The SMILES string of the molecule is COc1cc(O)cc2sc(N)nc12. The van der Waals surface area contributed by atoms with Crippen molar-refractivity contribution in [3.63, 3.8) is 0 Å². The van der Waals surface area contributed by atoms with E-state index in [0.717, 1.165) is 4.70 Å². The minimum absolute atomic E-state index is 0.160. The van der Waals surface area contributed by atoms with Crippen molar-refractivity contribution in [2.75, 3.05) is 12.8 Å². The molecule has 0 unspecified atom stereocenters. The Morgan fingerprint density at radius 2 is 2.31 bits per heavy atom. The number of fused-ring (bicyclic) bond motifs is 1. The molecule has 2 aromatic rings. The molecule has 0 bridgehead atoms. The Balaban J connectivity index is 2.80. The number of nitrogen functional groups attached to an aromatic ring is 1. The van der Waals surface area contributed by atoms with Crippen molar-refractivity contribution in [3.8, 4) is 11.5 Å². The minimum atomic E-state index is 0.160. The molecule has 0 saturated heterocycles. The maximum atomic E-state index is 9.31. The first-order valence-electron chi connectivity index (χ1n) is 3.63. The van der Waals surface area contributed by atoms with Crippen LogP contribution in [-0.4, -0.2) is 17.2 Å². The molecule has 0 spiro atoms. The number of phenols is 1. The summed E-state index contributed by atoms with van der Waals surface area (Å²) in [5.41, 5.74) is 6.23. The molecule has 0 amide bonds. The molecule has 1 aromatic carbocycles. The van der Waals surface area contributed by atoms with Gasteiger partial charge < -0.3 is 15.6 Å². The number of aromatic nitrogens is 1. The van der Waals surface area contributed by atoms with Gasteiger partial charge in [-0.3, -0.25) is 0 Å². The highest BCUT2D eigenvalue weighted by Crippen LogP contribution is 2.34. The second-order valence-corrected chi connectivity index (χ2v) is 3.61. The summed E-state index contributed by atoms with van der Waals surface area (Å²) in [7, 11) is 1.53. The zero-order chi connectivity index (χ0) is 9.42. The Morgan fingerprint density at radius 3 is 3.00 bits per heavy atom. The van der Waals surface area contributed by atoms with Gasteiger partial charge in [-0.1, -0.05) is 11.3 Å². The van der Waals surface area contributed by atoms with E-state index in [1.807, 2.05) is 0 Å². The van der Waals surface area contributed by atoms with Crippen LogP contribution in [0.4, 0.5) is 5.13 Å². The third-order valence-electron chi connectivity index (χ3n) is 1.68. The Morgan fingerprint density at radius 1 is 1.54 bits per heavy atom. The van der Waals surface area contributed by atoms with Gasteiger partial charge >= 0.3 is 0 Å². The van der Waals surface area contributed by atoms with Gasteiger partial charge in [0.1, 0.15) is 17.0 Å². The number of thiazole rings is 1. The van der Waals surface area contributed by atoms with Gasteiger partial charge in [0, 0.05) is 6.07 Å². The highest BCUT2D eigenvalue weighted by atomic mass is 32.1. The Bertz CT molecular complexity index is 453. The standard InChI is InChI=1S/C8H8N2O2S/c1-12-5-2-4(11)3-6-7(5)10-8(9)13-6/h2-3,11H,1H3,(H2,9,10). The molecule has 0 radical (unpaired) electrons. The van der Waals surface area contributed by atoms with Crippen LogP contribution in [0.5, 0.6) is 11.5 Å². The molecule has 0 aliphatic heterocycles. The average Bonchev–Trinajstić information content (AvgIpc) is 2.43. The third kappa shape index (κ3) is 1.27. The summed E-state index contributed by atoms with van der Waals surface area (Å²) in [6, 6.07) is 3.13. The predicted octanol–water partition coefficient (Wildman–Crippen LogP) is 1.59. The quantitative estimate of drug-likeness (QED) is 0.726. The Hall–Kier alpha value is -1.49. The van der Waals surface area contributed by atoms with E-state index in [4.69, 9.17) is 10.5 Å². The van der Waals surface area contributed by atoms with E-state index >= 15 is 0 Å². The first-order chi connectivity index (χ1) is 6.20. The number of aromatic hydroxyl groups is 1. The molecule has 5 heteroatoms. The number of hydrogen-bond donors (Lipinski definition) is 2. The average molecular weight is 196 g/mol. The number of methoxy groups -OCH3 is 1. The fraction of sp³-hybridized carbons (Fsp3) is 0.125. The molecule has 4 nitrogen and oxygen atoms in total. The van der Waals surface area contributed by atoms with E-state index in [-0.39, 0.29) is 5.75 Å². The maximum Gasteiger partial charge on any atom is 0.181 e. The van der Waals surface area contributed by atoms with E-state index in [1.54, 1.807) is 6.07 Å². The van der Waals surface area contributed by atoms with E-state index in [1.165, 1.54) is 24.5 Å². The van der Waals surface area contributed by atoms with E-state index in [0.29, 0.717) is 16.4 Å². The smallest absolute Gasteiger partial charge is 0.181 e. The number of ether oxygens (including phenoxy) is 1. The van der Waals surface area contributed by atoms with Crippen LogP contribution in [0.2, 0.25) is 0 Å². The van der Waals surface area contributed by atoms with Gasteiger partial charge in [0.2, 0.25) is 0 Å². The highest BCUT2D eigenvalue weighted by molar-refractivity contribution is 7.22. The molecule has 0 aliphatic rings. The maximum absolute atomic E-state index is 9.31. The monoisotopic (exact) mass is 196 g/mol. The summed E-state index contributed by atoms with van der Waals surface area (Å²) in [5.74, 6) is 0.705. The van der Waals surface area contributed by atoms with Gasteiger partial charge in [0.25, 0.3) is 0 Å². The Kier molecular flexibility index (Phi) is 1.73. The number of nitrogens with zero attached hydrogens (tertiary/aromatic N) is 1. The van der Waals surface area contributed by atoms with Crippen molar-refractivity contribution in [2.24, 2.45) is 0 Å². The van der Waals surface area contributed by atoms with Crippen molar-refractivity contribution in [3.05, 3.63) is 12.1 Å². The van der Waals surface area contributed by atoms with Crippen molar-refractivity contribution in [2.45, 2.75) is 0 Å². The summed E-state index contributed by atoms with van der Waals surface area (Å²) < 4.78 is 5.88. The molecule has 0 saturated carbocycles. The minimum Gasteiger partial charge on any atom is -0.508 e. The summed E-state index contributed by atoms with van der Waals surface area (Å²) in [6.07, 6.45) is 0. The molecule has 0 fully saturated rings. The largest absolute Gasteiger partial charge is 0.508 e. The van der Waals surface area contributed by atoms with Gasteiger partial charge in [-0.15, -0.1) is 0 Å². The van der Waals surface area contributed by atoms with Crippen LogP contribution >= 0.6 is 11.3 Å². The predicted molar refractivity (Wildman–Crippen MR) is 52.2 cm³/mol. The lowest BCUT2D eigenvalue weighted by molar-refractivity contribution is 0.412. The van der Waals surface area contributed by atoms with E-state index in [2.05, 4.69) is 4.98 Å².